The van der Waals surface area contributed by atoms with Crippen LogP contribution in [0.5, 0.6) is 5.75 Å². The van der Waals surface area contributed by atoms with Crippen LogP contribution in [0.4, 0.5) is 5.69 Å². The first kappa shape index (κ1) is 17.5. The molecule has 1 amide bonds. The first-order chi connectivity index (χ1) is 12.5. The van der Waals surface area contributed by atoms with Crippen LogP contribution in [0.15, 0.2) is 52.9 Å². The molecule has 3 aromatic rings. The molecule has 0 aliphatic heterocycles. The van der Waals surface area contributed by atoms with Crippen LogP contribution < -0.4 is 10.1 Å². The van der Waals surface area contributed by atoms with E-state index in [1.165, 1.54) is 14.0 Å². The maximum absolute atomic E-state index is 12.4. The number of ether oxygens (including phenoxy) is 2. The van der Waals surface area contributed by atoms with Crippen molar-refractivity contribution >= 4 is 28.5 Å². The number of carbonyl (C=O) groups excluding carboxylic acids is 2. The monoisotopic (exact) mass is 353 g/mol. The predicted molar refractivity (Wildman–Crippen MR) is 97.5 cm³/mol. The van der Waals surface area contributed by atoms with Gasteiger partial charge in [-0.3, -0.25) is 4.79 Å². The Labute approximate surface area is 150 Å². The molecule has 0 saturated carbocycles. The maximum atomic E-state index is 12.4. The summed E-state index contributed by atoms with van der Waals surface area (Å²) in [5.74, 6) is -0.520. The number of para-hydroxylation sites is 3. The van der Waals surface area contributed by atoms with E-state index in [9.17, 15) is 9.59 Å². The summed E-state index contributed by atoms with van der Waals surface area (Å²) in [6.07, 6.45) is -1.000. The second-order valence-electron chi connectivity index (χ2n) is 5.79. The molecule has 1 heterocycles. The van der Waals surface area contributed by atoms with Crippen molar-refractivity contribution in [2.75, 3.05) is 12.4 Å². The third-order valence-corrected chi connectivity index (χ3v) is 4.05. The highest BCUT2D eigenvalue weighted by Gasteiger charge is 2.24. The van der Waals surface area contributed by atoms with E-state index in [0.29, 0.717) is 22.6 Å². The third kappa shape index (κ3) is 3.39. The number of benzene rings is 2. The van der Waals surface area contributed by atoms with Gasteiger partial charge in [0.15, 0.2) is 6.10 Å². The molecule has 1 unspecified atom stereocenters. The molecule has 0 radical (unpaired) electrons. The summed E-state index contributed by atoms with van der Waals surface area (Å²) in [6, 6.07) is 14.3. The summed E-state index contributed by atoms with van der Waals surface area (Å²) in [5.41, 5.74) is 1.79. The number of amides is 1. The number of rotatable bonds is 5. The van der Waals surface area contributed by atoms with Gasteiger partial charge in [0, 0.05) is 10.9 Å². The van der Waals surface area contributed by atoms with Gasteiger partial charge in [-0.05, 0) is 32.0 Å². The molecule has 0 aliphatic rings. The summed E-state index contributed by atoms with van der Waals surface area (Å²) in [5, 5.41) is 3.53. The number of furan rings is 1. The van der Waals surface area contributed by atoms with Crippen LogP contribution in [0, 0.1) is 6.92 Å². The van der Waals surface area contributed by atoms with E-state index in [0.717, 1.165) is 5.39 Å². The SMILES string of the molecule is COc1ccccc1NC(=O)C(C)OC(=O)c1oc2ccccc2c1C. The molecule has 0 saturated heterocycles. The number of aryl methyl sites for hydroxylation is 1. The summed E-state index contributed by atoms with van der Waals surface area (Å²) < 4.78 is 16.0. The molecule has 6 nitrogen and oxygen atoms in total. The number of anilines is 1. The second-order valence-corrected chi connectivity index (χ2v) is 5.79. The van der Waals surface area contributed by atoms with Crippen LogP contribution in [-0.4, -0.2) is 25.1 Å². The summed E-state index contributed by atoms with van der Waals surface area (Å²) >= 11 is 0. The zero-order valence-corrected chi connectivity index (χ0v) is 14.7. The quantitative estimate of drug-likeness (QED) is 0.703. The van der Waals surface area contributed by atoms with Gasteiger partial charge in [-0.25, -0.2) is 4.79 Å². The molecule has 26 heavy (non-hydrogen) atoms. The van der Waals surface area contributed by atoms with Gasteiger partial charge in [0.1, 0.15) is 11.3 Å². The number of nitrogens with one attached hydrogen (secondary N) is 1. The largest absolute Gasteiger partial charge is 0.495 e. The van der Waals surface area contributed by atoms with Gasteiger partial charge in [-0.15, -0.1) is 0 Å². The van der Waals surface area contributed by atoms with Crippen molar-refractivity contribution < 1.29 is 23.5 Å². The smallest absolute Gasteiger partial charge is 0.375 e. The van der Waals surface area contributed by atoms with Crippen molar-refractivity contribution in [1.82, 2.24) is 0 Å². The van der Waals surface area contributed by atoms with Crippen molar-refractivity contribution in [3.05, 3.63) is 59.9 Å². The molecular formula is C20H19NO5. The minimum Gasteiger partial charge on any atom is -0.495 e. The molecule has 0 fully saturated rings. The van der Waals surface area contributed by atoms with Crippen LogP contribution in [0.3, 0.4) is 0 Å². The summed E-state index contributed by atoms with van der Waals surface area (Å²) in [4.78, 5) is 24.7. The zero-order chi connectivity index (χ0) is 18.7. The van der Waals surface area contributed by atoms with Gasteiger partial charge in [0.05, 0.1) is 12.8 Å². The highest BCUT2D eigenvalue weighted by Crippen LogP contribution is 2.26. The minimum atomic E-state index is -1.000. The third-order valence-electron chi connectivity index (χ3n) is 4.05. The molecule has 0 bridgehead atoms. The van der Waals surface area contributed by atoms with E-state index in [2.05, 4.69) is 5.32 Å². The lowest BCUT2D eigenvalue weighted by Crippen LogP contribution is -2.30. The van der Waals surface area contributed by atoms with Gasteiger partial charge in [0.2, 0.25) is 5.76 Å². The number of esters is 1. The Morgan fingerprint density at radius 3 is 2.50 bits per heavy atom. The lowest BCUT2D eigenvalue weighted by Gasteiger charge is -2.14. The number of fused-ring (bicyclic) bond motifs is 1. The molecule has 6 heteroatoms. The Bertz CT molecular complexity index is 960. The Morgan fingerprint density at radius 1 is 1.08 bits per heavy atom. The van der Waals surface area contributed by atoms with Gasteiger partial charge in [-0.2, -0.15) is 0 Å². The second kappa shape index (κ2) is 7.31. The molecule has 0 aliphatic carbocycles. The van der Waals surface area contributed by atoms with Gasteiger partial charge in [0.25, 0.3) is 5.91 Å². The molecule has 0 spiro atoms. The van der Waals surface area contributed by atoms with E-state index in [4.69, 9.17) is 13.9 Å². The molecule has 134 valence electrons. The lowest BCUT2D eigenvalue weighted by molar-refractivity contribution is -0.123. The fourth-order valence-corrected chi connectivity index (χ4v) is 2.62. The first-order valence-corrected chi connectivity index (χ1v) is 8.14. The molecule has 1 N–H and O–H groups in total. The highest BCUT2D eigenvalue weighted by atomic mass is 16.6. The number of methoxy groups -OCH3 is 1. The molecule has 1 aromatic heterocycles. The van der Waals surface area contributed by atoms with Crippen LogP contribution >= 0.6 is 0 Å². The lowest BCUT2D eigenvalue weighted by atomic mass is 10.1. The van der Waals surface area contributed by atoms with Crippen molar-refractivity contribution in [3.63, 3.8) is 0 Å². The van der Waals surface area contributed by atoms with E-state index in [-0.39, 0.29) is 5.76 Å². The fraction of sp³-hybridized carbons (Fsp3) is 0.200. The number of hydrogen-bond donors (Lipinski definition) is 1. The van der Waals surface area contributed by atoms with Crippen LogP contribution in [0.1, 0.15) is 23.0 Å². The summed E-state index contributed by atoms with van der Waals surface area (Å²) in [6.45, 7) is 3.28. The molecule has 3 rings (SSSR count). The van der Waals surface area contributed by atoms with Gasteiger partial charge < -0.3 is 19.2 Å². The van der Waals surface area contributed by atoms with Crippen molar-refractivity contribution in [2.24, 2.45) is 0 Å². The Hall–Kier alpha value is -3.28. The van der Waals surface area contributed by atoms with Crippen LogP contribution in [0.2, 0.25) is 0 Å². The standard InChI is InChI=1S/C20H19NO5/c1-12-14-8-4-6-10-16(14)26-18(12)20(23)25-13(2)19(22)21-15-9-5-7-11-17(15)24-3/h4-11,13H,1-3H3,(H,21,22). The highest BCUT2D eigenvalue weighted by molar-refractivity contribution is 5.99. The van der Waals surface area contributed by atoms with Crippen LogP contribution in [-0.2, 0) is 9.53 Å². The van der Waals surface area contributed by atoms with E-state index in [1.54, 1.807) is 37.3 Å². The number of carbonyl (C=O) groups is 2. The average molecular weight is 353 g/mol. The number of hydrogen-bond acceptors (Lipinski definition) is 5. The van der Waals surface area contributed by atoms with E-state index >= 15 is 0 Å². The van der Waals surface area contributed by atoms with E-state index < -0.39 is 18.0 Å². The topological polar surface area (TPSA) is 77.8 Å². The van der Waals surface area contributed by atoms with Crippen molar-refractivity contribution in [1.29, 1.82) is 0 Å². The molecule has 2 aromatic carbocycles. The summed E-state index contributed by atoms with van der Waals surface area (Å²) in [7, 11) is 1.51. The first-order valence-electron chi connectivity index (χ1n) is 8.14. The molecule has 1 atom stereocenters. The zero-order valence-electron chi connectivity index (χ0n) is 14.7. The van der Waals surface area contributed by atoms with Crippen molar-refractivity contribution in [3.8, 4) is 5.75 Å². The predicted octanol–water partition coefficient (Wildman–Crippen LogP) is 3.93. The fourth-order valence-electron chi connectivity index (χ4n) is 2.62. The van der Waals surface area contributed by atoms with Crippen molar-refractivity contribution in [2.45, 2.75) is 20.0 Å². The van der Waals surface area contributed by atoms with Gasteiger partial charge in [-0.1, -0.05) is 30.3 Å². The normalized spacial score (nSPS) is 11.8. The Kier molecular flexibility index (Phi) is 4.93. The maximum Gasteiger partial charge on any atom is 0.375 e. The van der Waals surface area contributed by atoms with E-state index in [1.807, 2.05) is 18.2 Å². The van der Waals surface area contributed by atoms with Gasteiger partial charge >= 0.3 is 5.97 Å². The molecular weight excluding hydrogens is 334 g/mol. The minimum absolute atomic E-state index is 0.100. The average Bonchev–Trinajstić information content (AvgIpc) is 2.99. The Balaban J connectivity index is 1.72. The Morgan fingerprint density at radius 2 is 1.77 bits per heavy atom. The van der Waals surface area contributed by atoms with Crippen LogP contribution in [0.25, 0.3) is 11.0 Å².